The van der Waals surface area contributed by atoms with Gasteiger partial charge < -0.3 is 11.1 Å². The number of nitrogens with two attached hydrogens (primary N) is 1. The first-order valence-electron chi connectivity index (χ1n) is 2.99. The first-order valence-corrected chi connectivity index (χ1v) is 2.99. The predicted octanol–water partition coefficient (Wildman–Crippen LogP) is -0.527. The summed E-state index contributed by atoms with van der Waals surface area (Å²) in [5.74, 6) is 2.05. The molecule has 0 unspecified atom stereocenters. The number of amides is 1. The molecular weight excluding hydrogens is 128 g/mol. The lowest BCUT2D eigenvalue weighted by atomic mass is 10.1. The van der Waals surface area contributed by atoms with E-state index in [2.05, 4.69) is 11.2 Å². The van der Waals surface area contributed by atoms with E-state index in [9.17, 15) is 4.79 Å². The van der Waals surface area contributed by atoms with E-state index < -0.39 is 5.54 Å². The van der Waals surface area contributed by atoms with Crippen LogP contribution in [0, 0.1) is 12.3 Å². The van der Waals surface area contributed by atoms with Gasteiger partial charge in [0.25, 0.3) is 0 Å². The van der Waals surface area contributed by atoms with Crippen molar-refractivity contribution in [2.24, 2.45) is 5.73 Å². The van der Waals surface area contributed by atoms with Gasteiger partial charge in [-0.1, -0.05) is 5.92 Å². The summed E-state index contributed by atoms with van der Waals surface area (Å²) in [6.45, 7) is 3.48. The van der Waals surface area contributed by atoms with Crippen LogP contribution >= 0.6 is 0 Å². The molecule has 56 valence electrons. The second kappa shape index (κ2) is 3.23. The summed E-state index contributed by atoms with van der Waals surface area (Å²) in [5, 5.41) is 2.47. The van der Waals surface area contributed by atoms with E-state index in [-0.39, 0.29) is 12.5 Å². The summed E-state index contributed by atoms with van der Waals surface area (Å²) in [4.78, 5) is 10.9. The molecule has 3 N–H and O–H groups in total. The lowest BCUT2D eigenvalue weighted by Crippen LogP contribution is -2.49. The van der Waals surface area contributed by atoms with Gasteiger partial charge >= 0.3 is 0 Å². The van der Waals surface area contributed by atoms with E-state index in [1.54, 1.807) is 13.8 Å². The smallest absolute Gasteiger partial charge is 0.240 e. The van der Waals surface area contributed by atoms with Crippen molar-refractivity contribution in [1.29, 1.82) is 0 Å². The molecule has 0 aromatic heterocycles. The Labute approximate surface area is 61.0 Å². The molecule has 3 nitrogen and oxygen atoms in total. The van der Waals surface area contributed by atoms with E-state index in [0.717, 1.165) is 0 Å². The first kappa shape index (κ1) is 8.99. The number of hydrogen-bond donors (Lipinski definition) is 2. The molecule has 0 radical (unpaired) electrons. The molecule has 10 heavy (non-hydrogen) atoms. The zero-order valence-electron chi connectivity index (χ0n) is 6.27. The minimum absolute atomic E-state index is 0.231. The highest BCUT2D eigenvalue weighted by Gasteiger charge is 2.20. The Morgan fingerprint density at radius 2 is 2.30 bits per heavy atom. The summed E-state index contributed by atoms with van der Waals surface area (Å²) in [6, 6.07) is 0. The fraction of sp³-hybridized carbons (Fsp3) is 0.571. The second-order valence-electron chi connectivity index (χ2n) is 2.61. The van der Waals surface area contributed by atoms with E-state index in [1.807, 2.05) is 0 Å². The molecule has 0 aromatic carbocycles. The van der Waals surface area contributed by atoms with Crippen LogP contribution in [0.4, 0.5) is 0 Å². The summed E-state index contributed by atoms with van der Waals surface area (Å²) >= 11 is 0. The van der Waals surface area contributed by atoms with Gasteiger partial charge in [-0.05, 0) is 13.8 Å². The maximum absolute atomic E-state index is 10.9. The Hall–Kier alpha value is -1.01. The zero-order chi connectivity index (χ0) is 8.20. The maximum Gasteiger partial charge on any atom is 0.240 e. The summed E-state index contributed by atoms with van der Waals surface area (Å²) in [7, 11) is 0. The SMILES string of the molecule is C#CCNC(=O)C(C)(C)N. The van der Waals surface area contributed by atoms with E-state index in [1.165, 1.54) is 0 Å². The van der Waals surface area contributed by atoms with Crippen molar-refractivity contribution in [1.82, 2.24) is 5.32 Å². The van der Waals surface area contributed by atoms with Gasteiger partial charge in [-0.15, -0.1) is 6.42 Å². The minimum Gasteiger partial charge on any atom is -0.344 e. The number of nitrogens with one attached hydrogen (secondary N) is 1. The van der Waals surface area contributed by atoms with Crippen molar-refractivity contribution in [3.05, 3.63) is 0 Å². The molecule has 0 aliphatic carbocycles. The van der Waals surface area contributed by atoms with Crippen molar-refractivity contribution in [2.45, 2.75) is 19.4 Å². The summed E-state index contributed by atoms with van der Waals surface area (Å²) in [5.41, 5.74) is 4.60. The largest absolute Gasteiger partial charge is 0.344 e. The fourth-order valence-electron chi connectivity index (χ4n) is 0.359. The Kier molecular flexibility index (Phi) is 2.91. The normalized spacial score (nSPS) is 10.2. The Morgan fingerprint density at radius 1 is 1.80 bits per heavy atom. The molecule has 0 saturated heterocycles. The molecule has 0 aliphatic rings. The third kappa shape index (κ3) is 3.10. The van der Waals surface area contributed by atoms with Crippen LogP contribution in [0.3, 0.4) is 0 Å². The minimum atomic E-state index is -0.836. The molecule has 1 amide bonds. The second-order valence-corrected chi connectivity index (χ2v) is 2.61. The van der Waals surface area contributed by atoms with Crippen LogP contribution < -0.4 is 11.1 Å². The molecule has 0 fully saturated rings. The van der Waals surface area contributed by atoms with Gasteiger partial charge in [0.05, 0.1) is 12.1 Å². The molecule has 0 bridgehead atoms. The molecule has 0 saturated carbocycles. The molecule has 0 atom stereocenters. The molecule has 0 spiro atoms. The number of carbonyl (C=O) groups is 1. The van der Waals surface area contributed by atoms with Crippen molar-refractivity contribution < 1.29 is 4.79 Å². The first-order chi connectivity index (χ1) is 4.48. The van der Waals surface area contributed by atoms with Crippen LogP contribution in [0.5, 0.6) is 0 Å². The van der Waals surface area contributed by atoms with Crippen LogP contribution in [0.15, 0.2) is 0 Å². The molecular formula is C7H12N2O. The van der Waals surface area contributed by atoms with Gasteiger partial charge in [-0.2, -0.15) is 0 Å². The van der Waals surface area contributed by atoms with Gasteiger partial charge in [-0.3, -0.25) is 4.79 Å². The van der Waals surface area contributed by atoms with Gasteiger partial charge in [0, 0.05) is 0 Å². The number of carbonyl (C=O) groups excluding carboxylic acids is 1. The Balaban J connectivity index is 3.78. The molecule has 0 rings (SSSR count). The lowest BCUT2D eigenvalue weighted by Gasteiger charge is -2.16. The van der Waals surface area contributed by atoms with Crippen LogP contribution in [0.1, 0.15) is 13.8 Å². The number of hydrogen-bond acceptors (Lipinski definition) is 2. The highest BCUT2D eigenvalue weighted by molar-refractivity contribution is 5.85. The average molecular weight is 140 g/mol. The zero-order valence-corrected chi connectivity index (χ0v) is 6.27. The molecule has 3 heteroatoms. The van der Waals surface area contributed by atoms with Gasteiger partial charge in [0.15, 0.2) is 0 Å². The predicted molar refractivity (Wildman–Crippen MR) is 40.1 cm³/mol. The van der Waals surface area contributed by atoms with Crippen LogP contribution in [0.25, 0.3) is 0 Å². The lowest BCUT2D eigenvalue weighted by molar-refractivity contribution is -0.124. The van der Waals surface area contributed by atoms with Crippen LogP contribution in [-0.4, -0.2) is 18.0 Å². The van der Waals surface area contributed by atoms with Crippen molar-refractivity contribution >= 4 is 5.91 Å². The molecule has 0 heterocycles. The third-order valence-corrected chi connectivity index (χ3v) is 0.936. The highest BCUT2D eigenvalue weighted by Crippen LogP contribution is 1.94. The Morgan fingerprint density at radius 3 is 2.60 bits per heavy atom. The Bertz CT molecular complexity index is 161. The summed E-state index contributed by atoms with van der Waals surface area (Å²) in [6.07, 6.45) is 4.91. The van der Waals surface area contributed by atoms with Crippen LogP contribution in [-0.2, 0) is 4.79 Å². The average Bonchev–Trinajstić information content (AvgIpc) is 1.80. The van der Waals surface area contributed by atoms with Crippen LogP contribution in [0.2, 0.25) is 0 Å². The van der Waals surface area contributed by atoms with Gasteiger partial charge in [-0.25, -0.2) is 0 Å². The topological polar surface area (TPSA) is 55.1 Å². The maximum atomic E-state index is 10.9. The summed E-state index contributed by atoms with van der Waals surface area (Å²) < 4.78 is 0. The van der Waals surface area contributed by atoms with Gasteiger partial charge in [0.2, 0.25) is 5.91 Å². The van der Waals surface area contributed by atoms with Crippen molar-refractivity contribution in [3.8, 4) is 12.3 Å². The quantitative estimate of drug-likeness (QED) is 0.507. The molecule has 0 aliphatic heterocycles. The van der Waals surface area contributed by atoms with Crippen molar-refractivity contribution in [3.63, 3.8) is 0 Å². The standard InChI is InChI=1S/C7H12N2O/c1-4-5-9-6(10)7(2,3)8/h1H,5,8H2,2-3H3,(H,9,10). The monoisotopic (exact) mass is 140 g/mol. The molecule has 0 aromatic rings. The van der Waals surface area contributed by atoms with E-state index >= 15 is 0 Å². The van der Waals surface area contributed by atoms with E-state index in [0.29, 0.717) is 0 Å². The van der Waals surface area contributed by atoms with E-state index in [4.69, 9.17) is 12.2 Å². The fourth-order valence-corrected chi connectivity index (χ4v) is 0.359. The number of terminal acetylenes is 1. The highest BCUT2D eigenvalue weighted by atomic mass is 16.2. The third-order valence-electron chi connectivity index (χ3n) is 0.936. The van der Waals surface area contributed by atoms with Gasteiger partial charge in [0.1, 0.15) is 0 Å². The number of rotatable bonds is 2. The van der Waals surface area contributed by atoms with Crippen molar-refractivity contribution in [2.75, 3.05) is 6.54 Å².